The molecule has 57 heavy (non-hydrogen) atoms. The molecular formula is C51H34N4S2. The second-order valence-electron chi connectivity index (χ2n) is 14.9. The molecule has 1 N–H and O–H groups in total. The molecule has 3 aliphatic rings. The van der Waals surface area contributed by atoms with Gasteiger partial charge in [0.2, 0.25) is 0 Å². The van der Waals surface area contributed by atoms with E-state index in [0.717, 1.165) is 28.4 Å². The molecule has 0 radical (unpaired) electrons. The third-order valence-electron chi connectivity index (χ3n) is 11.7. The SMILES string of the molecule is C1=CC2c3ccccc3N(c3cccc4sc5ccc(-c6cccc7sc8c(C9N=C(c%10ccccc%10)N=C(c%10ccccc%10)N9)cccc8c67)cc5c34)C2C=C1. The van der Waals surface area contributed by atoms with Gasteiger partial charge in [0, 0.05) is 68.6 Å². The topological polar surface area (TPSA) is 40.0 Å². The lowest BCUT2D eigenvalue weighted by atomic mass is 9.91. The number of anilines is 2. The summed E-state index contributed by atoms with van der Waals surface area (Å²) in [6.45, 7) is 0. The molecule has 9 aromatic rings. The maximum absolute atomic E-state index is 5.25. The second-order valence-corrected chi connectivity index (χ2v) is 17.0. The van der Waals surface area contributed by atoms with E-state index in [0.29, 0.717) is 5.92 Å². The monoisotopic (exact) mass is 766 g/mol. The Bertz CT molecular complexity index is 3190. The molecule has 1 aliphatic carbocycles. The fourth-order valence-electron chi connectivity index (χ4n) is 9.14. The third-order valence-corrected chi connectivity index (χ3v) is 14.0. The van der Waals surface area contributed by atoms with Crippen LogP contribution in [0.1, 0.15) is 34.3 Å². The summed E-state index contributed by atoms with van der Waals surface area (Å²) < 4.78 is 5.13. The molecule has 3 unspecified atom stereocenters. The van der Waals surface area contributed by atoms with E-state index in [9.17, 15) is 0 Å². The number of fused-ring (bicyclic) bond motifs is 9. The number of allylic oxidation sites excluding steroid dienone is 2. The van der Waals surface area contributed by atoms with E-state index >= 15 is 0 Å². The number of hydrogen-bond donors (Lipinski definition) is 1. The molecule has 0 spiro atoms. The van der Waals surface area contributed by atoms with Gasteiger partial charge >= 0.3 is 0 Å². The van der Waals surface area contributed by atoms with Crippen molar-refractivity contribution in [2.24, 2.45) is 9.98 Å². The van der Waals surface area contributed by atoms with Crippen LogP contribution >= 0.6 is 22.7 Å². The van der Waals surface area contributed by atoms with Crippen LogP contribution in [0.3, 0.4) is 0 Å². The summed E-state index contributed by atoms with van der Waals surface area (Å²) >= 11 is 3.74. The van der Waals surface area contributed by atoms with Crippen LogP contribution in [0.5, 0.6) is 0 Å². The van der Waals surface area contributed by atoms with Gasteiger partial charge in [0.15, 0.2) is 5.84 Å². The maximum atomic E-state index is 5.25. The van der Waals surface area contributed by atoms with E-state index < -0.39 is 0 Å². The number of nitrogens with one attached hydrogen (secondary N) is 1. The quantitative estimate of drug-likeness (QED) is 0.189. The molecule has 0 fully saturated rings. The summed E-state index contributed by atoms with van der Waals surface area (Å²) in [6, 6.07) is 57.2. The van der Waals surface area contributed by atoms with Gasteiger partial charge in [-0.2, -0.15) is 0 Å². The Hall–Kier alpha value is -6.60. The molecule has 0 saturated carbocycles. The predicted octanol–water partition coefficient (Wildman–Crippen LogP) is 13.3. The predicted molar refractivity (Wildman–Crippen MR) is 243 cm³/mol. The Kier molecular flexibility index (Phi) is 7.43. The van der Waals surface area contributed by atoms with Crippen LogP contribution in [0, 0.1) is 0 Å². The van der Waals surface area contributed by atoms with Gasteiger partial charge in [0.1, 0.15) is 12.0 Å². The number of nitrogens with zero attached hydrogens (tertiary/aromatic N) is 3. The van der Waals surface area contributed by atoms with Crippen molar-refractivity contribution in [2.75, 3.05) is 4.90 Å². The van der Waals surface area contributed by atoms with Crippen molar-refractivity contribution < 1.29 is 0 Å². The van der Waals surface area contributed by atoms with E-state index in [4.69, 9.17) is 9.98 Å². The average molecular weight is 767 g/mol. The second kappa shape index (κ2) is 13.0. The lowest BCUT2D eigenvalue weighted by molar-refractivity contribution is 0.680. The summed E-state index contributed by atoms with van der Waals surface area (Å²) in [5.74, 6) is 1.90. The summed E-state index contributed by atoms with van der Waals surface area (Å²) in [7, 11) is 0. The summed E-state index contributed by atoms with van der Waals surface area (Å²) in [5, 5.41) is 8.88. The van der Waals surface area contributed by atoms with Crippen LogP contribution in [0.25, 0.3) is 51.5 Å². The van der Waals surface area contributed by atoms with E-state index in [1.54, 1.807) is 0 Å². The Morgan fingerprint density at radius 1 is 0.526 bits per heavy atom. The van der Waals surface area contributed by atoms with E-state index in [-0.39, 0.29) is 12.2 Å². The van der Waals surface area contributed by atoms with Crippen molar-refractivity contribution in [1.29, 1.82) is 0 Å². The van der Waals surface area contributed by atoms with Crippen molar-refractivity contribution in [2.45, 2.75) is 18.1 Å². The fraction of sp³-hybridized carbons (Fsp3) is 0.0588. The Morgan fingerprint density at radius 2 is 1.25 bits per heavy atom. The van der Waals surface area contributed by atoms with Gasteiger partial charge in [-0.25, -0.2) is 9.98 Å². The van der Waals surface area contributed by atoms with E-state index in [1.807, 2.05) is 46.9 Å². The summed E-state index contributed by atoms with van der Waals surface area (Å²) in [6.07, 6.45) is 8.83. The molecule has 270 valence electrons. The van der Waals surface area contributed by atoms with Crippen molar-refractivity contribution in [1.82, 2.24) is 5.32 Å². The molecule has 7 aromatic carbocycles. The van der Waals surface area contributed by atoms with Crippen LogP contribution in [-0.4, -0.2) is 17.7 Å². The zero-order chi connectivity index (χ0) is 37.5. The van der Waals surface area contributed by atoms with Crippen molar-refractivity contribution in [3.05, 3.63) is 204 Å². The zero-order valence-electron chi connectivity index (χ0n) is 30.7. The average Bonchev–Trinajstić information content (AvgIpc) is 3.96. The first-order valence-corrected chi connectivity index (χ1v) is 21.1. The highest BCUT2D eigenvalue weighted by Gasteiger charge is 2.38. The summed E-state index contributed by atoms with van der Waals surface area (Å²) in [4.78, 5) is 12.9. The molecule has 2 aromatic heterocycles. The van der Waals surface area contributed by atoms with E-state index in [2.05, 4.69) is 168 Å². The highest BCUT2D eigenvalue weighted by atomic mass is 32.1. The van der Waals surface area contributed by atoms with Gasteiger partial charge in [-0.3, -0.25) is 0 Å². The molecule has 2 aliphatic heterocycles. The van der Waals surface area contributed by atoms with Crippen molar-refractivity contribution >= 4 is 86.1 Å². The molecule has 0 amide bonds. The summed E-state index contributed by atoms with van der Waals surface area (Å²) in [5.41, 5.74) is 9.63. The highest BCUT2D eigenvalue weighted by molar-refractivity contribution is 7.26. The van der Waals surface area contributed by atoms with Gasteiger partial charge in [0.25, 0.3) is 0 Å². The minimum absolute atomic E-state index is 0.248. The smallest absolute Gasteiger partial charge is 0.159 e. The number of aliphatic imine (C=N–C) groups is 2. The Balaban J connectivity index is 1.01. The normalized spacial score (nSPS) is 18.5. The fourth-order valence-corrected chi connectivity index (χ4v) is 11.5. The highest BCUT2D eigenvalue weighted by Crippen LogP contribution is 2.52. The number of amidine groups is 2. The first-order chi connectivity index (χ1) is 28.3. The van der Waals surface area contributed by atoms with Crippen LogP contribution < -0.4 is 10.2 Å². The number of thiophene rings is 2. The Morgan fingerprint density at radius 3 is 2.12 bits per heavy atom. The first-order valence-electron chi connectivity index (χ1n) is 19.4. The van der Waals surface area contributed by atoms with Crippen molar-refractivity contribution in [3.8, 4) is 11.1 Å². The van der Waals surface area contributed by atoms with Crippen LogP contribution in [0.15, 0.2) is 192 Å². The lowest BCUT2D eigenvalue weighted by Gasteiger charge is -2.29. The molecule has 3 atom stereocenters. The third kappa shape index (κ3) is 5.18. The number of hydrogen-bond acceptors (Lipinski definition) is 6. The number of para-hydroxylation sites is 1. The minimum Gasteiger partial charge on any atom is -0.344 e. The molecule has 0 bridgehead atoms. The van der Waals surface area contributed by atoms with Crippen LogP contribution in [0.2, 0.25) is 0 Å². The molecule has 12 rings (SSSR count). The van der Waals surface area contributed by atoms with Crippen LogP contribution in [-0.2, 0) is 0 Å². The molecule has 4 nitrogen and oxygen atoms in total. The van der Waals surface area contributed by atoms with Gasteiger partial charge in [0.05, 0.1) is 11.7 Å². The zero-order valence-corrected chi connectivity index (χ0v) is 32.3. The van der Waals surface area contributed by atoms with Gasteiger partial charge in [-0.1, -0.05) is 146 Å². The molecule has 0 saturated heterocycles. The number of benzene rings is 7. The lowest BCUT2D eigenvalue weighted by Crippen LogP contribution is -2.33. The maximum Gasteiger partial charge on any atom is 0.159 e. The first kappa shape index (κ1) is 32.6. The molecule has 4 heterocycles. The van der Waals surface area contributed by atoms with E-state index in [1.165, 1.54) is 68.4 Å². The van der Waals surface area contributed by atoms with Crippen LogP contribution in [0.4, 0.5) is 11.4 Å². The van der Waals surface area contributed by atoms with Gasteiger partial charge in [-0.15, -0.1) is 22.7 Å². The molecular weight excluding hydrogens is 733 g/mol. The largest absolute Gasteiger partial charge is 0.344 e. The minimum atomic E-state index is -0.301. The Labute approximate surface area is 338 Å². The standard InChI is InChI=1S/C51H34N4S2/c1-3-14-31(15-4-1)49-52-50(32-16-5-2-6-17-32)54-51(53-49)38-22-11-21-37-46-34(20-12-26-44(46)57-48(37)38)33-28-29-43-39(30-33)47-42(25-13-27-45(47)56-43)55-40-23-9-7-18-35(40)36-19-8-10-24-41(36)55/h1-30,35,40,51H,(H,52,53,54). The van der Waals surface area contributed by atoms with Crippen molar-refractivity contribution in [3.63, 3.8) is 0 Å². The molecule has 6 heteroatoms. The van der Waals surface area contributed by atoms with Gasteiger partial charge in [-0.05, 0) is 53.1 Å². The van der Waals surface area contributed by atoms with Gasteiger partial charge < -0.3 is 10.2 Å². The number of rotatable bonds is 5.